The third-order valence-electron chi connectivity index (χ3n) is 2.85. The minimum atomic E-state index is -1.08. The fourth-order valence-corrected chi connectivity index (χ4v) is 3.14. The predicted octanol–water partition coefficient (Wildman–Crippen LogP) is 3.58. The van der Waals surface area contributed by atoms with E-state index in [4.69, 9.17) is 0 Å². The second kappa shape index (κ2) is 5.91. The minimum Gasteiger partial charge on any atom is -0.259 e. The molecule has 0 aromatic heterocycles. The van der Waals surface area contributed by atoms with Gasteiger partial charge in [0.05, 0.1) is 5.75 Å². The molecule has 0 heterocycles. The van der Waals surface area contributed by atoms with Crippen molar-refractivity contribution < 1.29 is 8.60 Å². The molecule has 1 atom stereocenters. The highest BCUT2D eigenvalue weighted by Crippen LogP contribution is 2.14. The van der Waals surface area contributed by atoms with Gasteiger partial charge in [0.2, 0.25) is 0 Å². The molecule has 0 unspecified atom stereocenters. The van der Waals surface area contributed by atoms with Gasteiger partial charge in [0.15, 0.2) is 0 Å². The molecular formula is C15H15FOS. The van der Waals surface area contributed by atoms with Gasteiger partial charge in [-0.05, 0) is 24.1 Å². The topological polar surface area (TPSA) is 17.1 Å². The summed E-state index contributed by atoms with van der Waals surface area (Å²) in [7, 11) is -1.08. The zero-order valence-electron chi connectivity index (χ0n) is 10.2. The lowest BCUT2D eigenvalue weighted by atomic mass is 10.1. The fourth-order valence-electron chi connectivity index (χ4n) is 1.79. The summed E-state index contributed by atoms with van der Waals surface area (Å²) < 4.78 is 25.5. The quantitative estimate of drug-likeness (QED) is 0.823. The van der Waals surface area contributed by atoms with Gasteiger partial charge in [0.1, 0.15) is 5.82 Å². The van der Waals surface area contributed by atoms with E-state index < -0.39 is 10.8 Å². The van der Waals surface area contributed by atoms with Gasteiger partial charge in [-0.3, -0.25) is 4.21 Å². The maximum absolute atomic E-state index is 13.4. The van der Waals surface area contributed by atoms with Crippen LogP contribution in [0, 0.1) is 12.7 Å². The molecule has 94 valence electrons. The molecule has 0 N–H and O–H groups in total. The van der Waals surface area contributed by atoms with E-state index in [1.54, 1.807) is 18.2 Å². The number of benzene rings is 2. The van der Waals surface area contributed by atoms with Crippen LogP contribution in [-0.4, -0.2) is 4.21 Å². The molecule has 0 radical (unpaired) electrons. The lowest BCUT2D eigenvalue weighted by Gasteiger charge is -2.06. The lowest BCUT2D eigenvalue weighted by molar-refractivity contribution is 0.615. The highest BCUT2D eigenvalue weighted by molar-refractivity contribution is 7.83. The number of aryl methyl sites for hydroxylation is 1. The monoisotopic (exact) mass is 262 g/mol. The van der Waals surface area contributed by atoms with Crippen molar-refractivity contribution in [2.75, 3.05) is 0 Å². The van der Waals surface area contributed by atoms with Crippen LogP contribution in [-0.2, 0) is 22.3 Å². The largest absolute Gasteiger partial charge is 0.259 e. The molecule has 2 rings (SSSR count). The number of halogens is 1. The van der Waals surface area contributed by atoms with Gasteiger partial charge in [-0.15, -0.1) is 0 Å². The molecule has 0 bridgehead atoms. The van der Waals surface area contributed by atoms with Crippen molar-refractivity contribution in [2.45, 2.75) is 18.4 Å². The van der Waals surface area contributed by atoms with Crippen LogP contribution >= 0.6 is 0 Å². The smallest absolute Gasteiger partial charge is 0.127 e. The van der Waals surface area contributed by atoms with Gasteiger partial charge in [-0.2, -0.15) is 0 Å². The molecular weight excluding hydrogens is 247 g/mol. The maximum Gasteiger partial charge on any atom is 0.127 e. The van der Waals surface area contributed by atoms with E-state index in [0.29, 0.717) is 11.3 Å². The Morgan fingerprint density at radius 1 is 0.944 bits per heavy atom. The molecule has 0 saturated carbocycles. The average Bonchev–Trinajstić information content (AvgIpc) is 2.35. The second-order valence-electron chi connectivity index (χ2n) is 4.25. The molecule has 0 saturated heterocycles. The zero-order chi connectivity index (χ0) is 13.0. The lowest BCUT2D eigenvalue weighted by Crippen LogP contribution is -2.02. The van der Waals surface area contributed by atoms with Crippen LogP contribution in [0.5, 0.6) is 0 Å². The Morgan fingerprint density at radius 2 is 1.50 bits per heavy atom. The first kappa shape index (κ1) is 13.0. The molecule has 18 heavy (non-hydrogen) atoms. The summed E-state index contributed by atoms with van der Waals surface area (Å²) in [6, 6.07) is 14.4. The third kappa shape index (κ3) is 3.26. The van der Waals surface area contributed by atoms with Crippen LogP contribution in [0.3, 0.4) is 0 Å². The van der Waals surface area contributed by atoms with E-state index in [1.165, 1.54) is 6.07 Å². The summed E-state index contributed by atoms with van der Waals surface area (Å²) in [6.45, 7) is 2.00. The van der Waals surface area contributed by atoms with Gasteiger partial charge in [0, 0.05) is 22.1 Å². The first-order chi connectivity index (χ1) is 8.66. The predicted molar refractivity (Wildman–Crippen MR) is 73.1 cm³/mol. The van der Waals surface area contributed by atoms with Gasteiger partial charge < -0.3 is 0 Å². The molecule has 0 amide bonds. The Bertz CT molecular complexity index is 516. The molecule has 1 nitrogen and oxygen atoms in total. The Balaban J connectivity index is 2.06. The molecule has 2 aromatic rings. The zero-order valence-corrected chi connectivity index (χ0v) is 11.0. The molecule has 0 aliphatic rings. The van der Waals surface area contributed by atoms with Crippen molar-refractivity contribution in [2.24, 2.45) is 0 Å². The highest BCUT2D eigenvalue weighted by Gasteiger charge is 2.08. The molecule has 3 heteroatoms. The van der Waals surface area contributed by atoms with E-state index >= 15 is 0 Å². The Labute approximate surface area is 109 Å². The van der Waals surface area contributed by atoms with Gasteiger partial charge >= 0.3 is 0 Å². The Hall–Kier alpha value is -1.48. The summed E-state index contributed by atoms with van der Waals surface area (Å²) >= 11 is 0. The Kier molecular flexibility index (Phi) is 4.26. The molecule has 0 fully saturated rings. The molecule has 0 aliphatic heterocycles. The Morgan fingerprint density at radius 3 is 2.17 bits per heavy atom. The van der Waals surface area contributed by atoms with Crippen molar-refractivity contribution in [1.29, 1.82) is 0 Å². The third-order valence-corrected chi connectivity index (χ3v) is 4.12. The minimum absolute atomic E-state index is 0.265. The van der Waals surface area contributed by atoms with Crippen LogP contribution in [0.2, 0.25) is 0 Å². The standard InChI is InChI=1S/C15H15FOS/c1-12-6-2-3-7-13(12)10-18(17)11-14-8-4-5-9-15(14)16/h2-9H,10-11H2,1H3/t18-/m0/s1. The molecule has 2 aromatic carbocycles. The van der Waals surface area contributed by atoms with E-state index in [0.717, 1.165) is 11.1 Å². The van der Waals surface area contributed by atoms with E-state index in [9.17, 15) is 8.60 Å². The van der Waals surface area contributed by atoms with Crippen LogP contribution < -0.4 is 0 Å². The maximum atomic E-state index is 13.4. The van der Waals surface area contributed by atoms with E-state index in [1.807, 2.05) is 31.2 Å². The first-order valence-corrected chi connectivity index (χ1v) is 7.28. The van der Waals surface area contributed by atoms with Gasteiger partial charge in [-0.25, -0.2) is 4.39 Å². The SMILES string of the molecule is Cc1ccccc1C[S@](=O)Cc1ccccc1F. The van der Waals surface area contributed by atoms with Crippen molar-refractivity contribution in [3.63, 3.8) is 0 Å². The van der Waals surface area contributed by atoms with Gasteiger partial charge in [-0.1, -0.05) is 42.5 Å². The average molecular weight is 262 g/mol. The molecule has 0 spiro atoms. The van der Waals surface area contributed by atoms with Crippen LogP contribution in [0.4, 0.5) is 4.39 Å². The van der Waals surface area contributed by atoms with Crippen molar-refractivity contribution in [3.05, 3.63) is 71.0 Å². The van der Waals surface area contributed by atoms with Crippen molar-refractivity contribution >= 4 is 10.8 Å². The van der Waals surface area contributed by atoms with Crippen LogP contribution in [0.1, 0.15) is 16.7 Å². The van der Waals surface area contributed by atoms with E-state index in [-0.39, 0.29) is 11.6 Å². The van der Waals surface area contributed by atoms with Crippen LogP contribution in [0.25, 0.3) is 0 Å². The van der Waals surface area contributed by atoms with E-state index in [2.05, 4.69) is 0 Å². The fraction of sp³-hybridized carbons (Fsp3) is 0.200. The summed E-state index contributed by atoms with van der Waals surface area (Å²) in [6.07, 6.45) is 0. The van der Waals surface area contributed by atoms with Crippen LogP contribution in [0.15, 0.2) is 48.5 Å². The highest BCUT2D eigenvalue weighted by atomic mass is 32.2. The first-order valence-electron chi connectivity index (χ1n) is 5.79. The van der Waals surface area contributed by atoms with Crippen molar-refractivity contribution in [3.8, 4) is 0 Å². The number of hydrogen-bond donors (Lipinski definition) is 0. The summed E-state index contributed by atoms with van der Waals surface area (Å²) in [5.41, 5.74) is 2.70. The van der Waals surface area contributed by atoms with Crippen molar-refractivity contribution in [1.82, 2.24) is 0 Å². The normalized spacial score (nSPS) is 12.3. The number of rotatable bonds is 4. The summed E-state index contributed by atoms with van der Waals surface area (Å²) in [4.78, 5) is 0. The second-order valence-corrected chi connectivity index (χ2v) is 5.70. The summed E-state index contributed by atoms with van der Waals surface area (Å²) in [5, 5.41) is 0. The summed E-state index contributed by atoms with van der Waals surface area (Å²) in [5.74, 6) is 0.456. The number of hydrogen-bond acceptors (Lipinski definition) is 1. The molecule has 0 aliphatic carbocycles. The van der Waals surface area contributed by atoms with Gasteiger partial charge in [0.25, 0.3) is 0 Å².